The van der Waals surface area contributed by atoms with Crippen LogP contribution in [0.15, 0.2) is 36.5 Å². The van der Waals surface area contributed by atoms with Crippen LogP contribution in [0.4, 0.5) is 23.0 Å². The van der Waals surface area contributed by atoms with Gasteiger partial charge in [0.2, 0.25) is 5.95 Å². The average molecular weight is 564 g/mol. The van der Waals surface area contributed by atoms with Gasteiger partial charge in [0, 0.05) is 37.7 Å². The molecule has 2 aromatic carbocycles. The number of rotatable bonds is 11. The van der Waals surface area contributed by atoms with Crippen LogP contribution in [0, 0.1) is 21.4 Å². The summed E-state index contributed by atoms with van der Waals surface area (Å²) >= 11 is 6.52. The van der Waals surface area contributed by atoms with E-state index in [4.69, 9.17) is 21.4 Å². The minimum atomic E-state index is -0.430. The minimum Gasteiger partial charge on any atom is -0.494 e. The van der Waals surface area contributed by atoms with Gasteiger partial charge in [-0.3, -0.25) is 10.1 Å². The summed E-state index contributed by atoms with van der Waals surface area (Å²) in [4.78, 5) is 24.3. The molecule has 0 amide bonds. The van der Waals surface area contributed by atoms with Crippen LogP contribution in [0.2, 0.25) is 5.02 Å². The van der Waals surface area contributed by atoms with Gasteiger partial charge in [0.1, 0.15) is 16.5 Å². The number of nitrogens with zero attached hydrogens (tertiary/aromatic N) is 8. The number of likely N-dealkylation sites (N-methyl/N-ethyl adjacent to an activating group) is 2. The lowest BCUT2D eigenvalue weighted by Gasteiger charge is -2.22. The van der Waals surface area contributed by atoms with Gasteiger partial charge in [0.15, 0.2) is 5.82 Å². The van der Waals surface area contributed by atoms with Gasteiger partial charge in [-0.1, -0.05) is 24.9 Å². The highest BCUT2D eigenvalue weighted by Gasteiger charge is 2.23. The van der Waals surface area contributed by atoms with Crippen LogP contribution in [0.5, 0.6) is 5.75 Å². The number of anilines is 3. The van der Waals surface area contributed by atoms with Gasteiger partial charge < -0.3 is 19.9 Å². The molecular formula is C27H30ClN9O3. The second kappa shape index (κ2) is 12.1. The first-order valence-corrected chi connectivity index (χ1v) is 13.0. The van der Waals surface area contributed by atoms with E-state index in [2.05, 4.69) is 28.3 Å². The average Bonchev–Trinajstić information content (AvgIpc) is 3.29. The molecule has 40 heavy (non-hydrogen) atoms. The number of fused-ring (bicyclic) bond motifs is 1. The molecule has 0 radical (unpaired) electrons. The van der Waals surface area contributed by atoms with Crippen LogP contribution in [-0.2, 0) is 6.42 Å². The molecule has 2 heterocycles. The number of aryl methyl sites for hydroxylation is 1. The van der Waals surface area contributed by atoms with E-state index in [0.29, 0.717) is 41.5 Å². The Morgan fingerprint density at radius 2 is 2.00 bits per heavy atom. The largest absolute Gasteiger partial charge is 0.494 e. The van der Waals surface area contributed by atoms with Gasteiger partial charge in [-0.05, 0) is 38.7 Å². The predicted molar refractivity (Wildman–Crippen MR) is 155 cm³/mol. The third-order valence-corrected chi connectivity index (χ3v) is 6.60. The zero-order valence-electron chi connectivity index (χ0n) is 23.0. The lowest BCUT2D eigenvalue weighted by molar-refractivity contribution is -0.384. The van der Waals surface area contributed by atoms with Gasteiger partial charge in [-0.15, -0.1) is 0 Å². The smallest absolute Gasteiger partial charge is 0.294 e. The van der Waals surface area contributed by atoms with Crippen molar-refractivity contribution in [3.63, 3.8) is 0 Å². The first-order valence-electron chi connectivity index (χ1n) is 12.6. The zero-order valence-corrected chi connectivity index (χ0v) is 23.7. The van der Waals surface area contributed by atoms with Crippen LogP contribution in [-0.4, -0.2) is 70.9 Å². The molecule has 208 valence electrons. The predicted octanol–water partition coefficient (Wildman–Crippen LogP) is 4.95. The first kappa shape index (κ1) is 28.5. The summed E-state index contributed by atoms with van der Waals surface area (Å²) in [7, 11) is 7.17. The summed E-state index contributed by atoms with van der Waals surface area (Å²) in [5.41, 5.74) is 2.76. The second-order valence-corrected chi connectivity index (χ2v) is 9.87. The van der Waals surface area contributed by atoms with Crippen molar-refractivity contribution in [1.82, 2.24) is 24.6 Å². The van der Waals surface area contributed by atoms with E-state index >= 15 is 0 Å². The molecule has 0 bridgehead atoms. The molecule has 0 fully saturated rings. The third-order valence-electron chi connectivity index (χ3n) is 6.33. The summed E-state index contributed by atoms with van der Waals surface area (Å²) in [6.07, 6.45) is 3.02. The zero-order chi connectivity index (χ0) is 29.0. The highest BCUT2D eigenvalue weighted by atomic mass is 35.5. The van der Waals surface area contributed by atoms with Crippen molar-refractivity contribution in [2.45, 2.75) is 19.8 Å². The summed E-state index contributed by atoms with van der Waals surface area (Å²) in [5, 5.41) is 30.3. The van der Waals surface area contributed by atoms with Gasteiger partial charge in [-0.25, -0.2) is 9.67 Å². The number of ether oxygens (including phenoxy) is 1. The summed E-state index contributed by atoms with van der Waals surface area (Å²) in [6, 6.07) is 10.5. The summed E-state index contributed by atoms with van der Waals surface area (Å²) in [6.45, 7) is 3.36. The van der Waals surface area contributed by atoms with E-state index in [0.717, 1.165) is 29.6 Å². The number of hydrogen-bond donors (Lipinski definition) is 1. The fourth-order valence-corrected chi connectivity index (χ4v) is 4.44. The molecule has 0 atom stereocenters. The SMILES string of the molecule is CCCc1nn(-c2nc(Nc3cc([N+](=O)[O-])c(N(C)CCN(C)C)cc3OC)ncc2Cl)c2ccc(C#N)cc12. The fourth-order valence-electron chi connectivity index (χ4n) is 4.27. The Hall–Kier alpha value is -4.47. The number of hydrogen-bond acceptors (Lipinski definition) is 10. The molecule has 12 nitrogen and oxygen atoms in total. The number of nitrogens with one attached hydrogen (secondary N) is 1. The molecule has 1 N–H and O–H groups in total. The Balaban J connectivity index is 1.76. The molecule has 0 spiro atoms. The van der Waals surface area contributed by atoms with Crippen molar-refractivity contribution in [3.8, 4) is 17.6 Å². The van der Waals surface area contributed by atoms with Gasteiger partial charge in [0.05, 0.1) is 46.8 Å². The lowest BCUT2D eigenvalue weighted by Crippen LogP contribution is -2.29. The van der Waals surface area contributed by atoms with E-state index in [-0.39, 0.29) is 16.7 Å². The van der Waals surface area contributed by atoms with Crippen molar-refractivity contribution in [2.75, 3.05) is 51.6 Å². The fraction of sp³-hybridized carbons (Fsp3) is 0.333. The first-order chi connectivity index (χ1) is 19.2. The van der Waals surface area contributed by atoms with E-state index in [1.165, 1.54) is 19.4 Å². The normalized spacial score (nSPS) is 11.1. The number of halogens is 1. The molecule has 0 aliphatic rings. The molecule has 4 aromatic rings. The quantitative estimate of drug-likeness (QED) is 0.197. The molecule has 4 rings (SSSR count). The highest BCUT2D eigenvalue weighted by Crippen LogP contribution is 2.39. The van der Waals surface area contributed by atoms with Gasteiger partial charge >= 0.3 is 0 Å². The molecule has 2 aromatic heterocycles. The Labute approximate surface area is 236 Å². The van der Waals surface area contributed by atoms with Crippen molar-refractivity contribution in [1.29, 1.82) is 5.26 Å². The Kier molecular flexibility index (Phi) is 8.67. The summed E-state index contributed by atoms with van der Waals surface area (Å²) < 4.78 is 7.19. The molecule has 0 saturated carbocycles. The molecule has 0 aliphatic carbocycles. The summed E-state index contributed by atoms with van der Waals surface area (Å²) in [5.74, 6) is 0.857. The maximum atomic E-state index is 12.0. The monoisotopic (exact) mass is 563 g/mol. The van der Waals surface area contributed by atoms with E-state index in [1.54, 1.807) is 29.9 Å². The van der Waals surface area contributed by atoms with Crippen molar-refractivity contribution >= 4 is 45.5 Å². The number of benzene rings is 2. The van der Waals surface area contributed by atoms with E-state index < -0.39 is 4.92 Å². The maximum Gasteiger partial charge on any atom is 0.294 e. The third kappa shape index (κ3) is 5.90. The standard InChI is InChI=1S/C27H30ClN9O3/c1-6-7-20-18-12-17(15-29)8-9-22(18)36(33-20)26-19(28)16-30-27(32-26)31-21-13-24(37(38)39)23(14-25(21)40-5)35(4)11-10-34(2)3/h8-9,12-14,16H,6-7,10-11H2,1-5H3,(H,30,31,32). The Morgan fingerprint density at radius 3 is 2.65 bits per heavy atom. The number of methoxy groups -OCH3 is 1. The van der Waals surface area contributed by atoms with Crippen LogP contribution in [0.25, 0.3) is 16.7 Å². The molecule has 0 unspecified atom stereocenters. The number of nitro benzene ring substituents is 1. The van der Waals surface area contributed by atoms with Gasteiger partial charge in [-0.2, -0.15) is 15.3 Å². The molecule has 13 heteroatoms. The number of nitriles is 1. The van der Waals surface area contributed by atoms with E-state index in [1.807, 2.05) is 30.0 Å². The topological polar surface area (TPSA) is 138 Å². The Bertz CT molecular complexity index is 1600. The number of nitro groups is 1. The van der Waals surface area contributed by atoms with Crippen LogP contribution < -0.4 is 15.0 Å². The Morgan fingerprint density at radius 1 is 1.23 bits per heavy atom. The van der Waals surface area contributed by atoms with Crippen molar-refractivity contribution in [3.05, 3.63) is 62.9 Å². The van der Waals surface area contributed by atoms with Crippen molar-refractivity contribution < 1.29 is 9.66 Å². The molecule has 0 saturated heterocycles. The van der Waals surface area contributed by atoms with E-state index in [9.17, 15) is 15.4 Å². The van der Waals surface area contributed by atoms with Crippen molar-refractivity contribution in [2.24, 2.45) is 0 Å². The minimum absolute atomic E-state index is 0.0886. The number of aromatic nitrogens is 4. The lowest BCUT2D eigenvalue weighted by atomic mass is 10.1. The van der Waals surface area contributed by atoms with Crippen LogP contribution >= 0.6 is 11.6 Å². The highest BCUT2D eigenvalue weighted by molar-refractivity contribution is 6.32. The van der Waals surface area contributed by atoms with Crippen LogP contribution in [0.3, 0.4) is 0 Å². The maximum absolute atomic E-state index is 12.0. The second-order valence-electron chi connectivity index (χ2n) is 9.47. The molecule has 0 aliphatic heterocycles. The molecular weight excluding hydrogens is 534 g/mol. The van der Waals surface area contributed by atoms with Gasteiger partial charge in [0.25, 0.3) is 5.69 Å². The van der Waals surface area contributed by atoms with Crippen LogP contribution in [0.1, 0.15) is 24.6 Å².